The molecule has 0 saturated heterocycles. The highest BCUT2D eigenvalue weighted by atomic mass is 14.8. The van der Waals surface area contributed by atoms with Gasteiger partial charge in [-0.15, -0.1) is 0 Å². The Kier molecular flexibility index (Phi) is 4.50. The lowest BCUT2D eigenvalue weighted by Gasteiger charge is -2.07. The Bertz CT molecular complexity index is 246. The third-order valence-corrected chi connectivity index (χ3v) is 2.16. The summed E-state index contributed by atoms with van der Waals surface area (Å²) in [7, 11) is 0. The lowest BCUT2D eigenvalue weighted by atomic mass is 10.0. The van der Waals surface area contributed by atoms with E-state index >= 15 is 0 Å². The molecule has 0 aliphatic rings. The molecule has 0 heterocycles. The first-order chi connectivity index (χ1) is 6.38. The van der Waals surface area contributed by atoms with Crippen LogP contribution in [0.1, 0.15) is 18.1 Å². The molecule has 3 N–H and O–H groups in total. The first kappa shape index (κ1) is 10.2. The molecule has 0 atom stereocenters. The van der Waals surface area contributed by atoms with Gasteiger partial charge in [-0.25, -0.2) is 0 Å². The first-order valence-electron chi connectivity index (χ1n) is 4.86. The van der Waals surface area contributed by atoms with Gasteiger partial charge in [-0.2, -0.15) is 0 Å². The molecule has 72 valence electrons. The van der Waals surface area contributed by atoms with Crippen molar-refractivity contribution in [3.05, 3.63) is 35.4 Å². The number of nitrogens with one attached hydrogen (secondary N) is 1. The molecule has 0 radical (unpaired) electrons. The molecular weight excluding hydrogens is 160 g/mol. The van der Waals surface area contributed by atoms with Crippen molar-refractivity contribution in [2.75, 3.05) is 13.1 Å². The van der Waals surface area contributed by atoms with Gasteiger partial charge in [-0.1, -0.05) is 31.2 Å². The molecule has 0 aromatic heterocycles. The van der Waals surface area contributed by atoms with Gasteiger partial charge in [-0.3, -0.25) is 0 Å². The van der Waals surface area contributed by atoms with Crippen molar-refractivity contribution in [1.29, 1.82) is 0 Å². The van der Waals surface area contributed by atoms with Gasteiger partial charge < -0.3 is 11.1 Å². The summed E-state index contributed by atoms with van der Waals surface area (Å²) in [5.74, 6) is 0. The molecule has 0 spiro atoms. The maximum Gasteiger partial charge on any atom is 0.0180 e. The smallest absolute Gasteiger partial charge is 0.0180 e. The highest BCUT2D eigenvalue weighted by molar-refractivity contribution is 5.27. The van der Waals surface area contributed by atoms with Crippen LogP contribution in [-0.4, -0.2) is 13.1 Å². The van der Waals surface area contributed by atoms with Gasteiger partial charge in [0.1, 0.15) is 0 Å². The molecule has 2 heteroatoms. The number of benzene rings is 1. The molecule has 1 rings (SSSR count). The molecule has 13 heavy (non-hydrogen) atoms. The number of hydrogen-bond donors (Lipinski definition) is 2. The molecular formula is C11H18N2. The van der Waals surface area contributed by atoms with E-state index in [1.807, 2.05) is 6.07 Å². The Morgan fingerprint density at radius 1 is 1.23 bits per heavy atom. The van der Waals surface area contributed by atoms with Gasteiger partial charge in [0.15, 0.2) is 0 Å². The minimum atomic E-state index is 0.641. The fraction of sp³-hybridized carbons (Fsp3) is 0.455. The van der Waals surface area contributed by atoms with E-state index in [2.05, 4.69) is 30.4 Å². The van der Waals surface area contributed by atoms with Crippen molar-refractivity contribution in [1.82, 2.24) is 5.32 Å². The van der Waals surface area contributed by atoms with Crippen LogP contribution < -0.4 is 11.1 Å². The second kappa shape index (κ2) is 5.73. The molecule has 0 saturated carbocycles. The van der Waals surface area contributed by atoms with E-state index in [-0.39, 0.29) is 0 Å². The van der Waals surface area contributed by atoms with Crippen LogP contribution in [0, 0.1) is 0 Å². The fourth-order valence-electron chi connectivity index (χ4n) is 1.40. The summed E-state index contributed by atoms with van der Waals surface area (Å²) in [6, 6.07) is 8.36. The van der Waals surface area contributed by atoms with Crippen LogP contribution in [0.15, 0.2) is 24.3 Å². The third-order valence-electron chi connectivity index (χ3n) is 2.16. The number of hydrogen-bond acceptors (Lipinski definition) is 2. The zero-order chi connectivity index (χ0) is 9.52. The topological polar surface area (TPSA) is 38.0 Å². The molecule has 0 fully saturated rings. The van der Waals surface area contributed by atoms with E-state index in [9.17, 15) is 0 Å². The van der Waals surface area contributed by atoms with Gasteiger partial charge in [0.2, 0.25) is 0 Å². The summed E-state index contributed by atoms with van der Waals surface area (Å²) < 4.78 is 0. The number of nitrogens with two attached hydrogens (primary N) is 1. The highest BCUT2D eigenvalue weighted by Gasteiger charge is 1.97. The number of rotatable bonds is 5. The van der Waals surface area contributed by atoms with E-state index < -0.39 is 0 Å². The van der Waals surface area contributed by atoms with Crippen LogP contribution in [0.25, 0.3) is 0 Å². The predicted octanol–water partition coefficient (Wildman–Crippen LogP) is 1.30. The molecule has 1 aromatic carbocycles. The maximum absolute atomic E-state index is 5.63. The van der Waals surface area contributed by atoms with Gasteiger partial charge in [-0.05, 0) is 30.6 Å². The normalized spacial score (nSPS) is 10.3. The Morgan fingerprint density at radius 3 is 2.54 bits per heavy atom. The zero-order valence-electron chi connectivity index (χ0n) is 8.22. The molecule has 0 bridgehead atoms. The SMILES string of the molecule is CCNCCc1ccccc1CN. The third kappa shape index (κ3) is 3.17. The van der Waals surface area contributed by atoms with Gasteiger partial charge in [0, 0.05) is 6.54 Å². The standard InChI is InChI=1S/C11H18N2/c1-2-13-8-7-10-5-3-4-6-11(10)9-12/h3-6,13H,2,7-9,12H2,1H3. The zero-order valence-corrected chi connectivity index (χ0v) is 8.22. The quantitative estimate of drug-likeness (QED) is 0.667. The highest BCUT2D eigenvalue weighted by Crippen LogP contribution is 2.07. The molecule has 0 aliphatic carbocycles. The van der Waals surface area contributed by atoms with Crippen molar-refractivity contribution < 1.29 is 0 Å². The van der Waals surface area contributed by atoms with E-state index in [0.29, 0.717) is 6.54 Å². The first-order valence-corrected chi connectivity index (χ1v) is 4.86. The average molecular weight is 178 g/mol. The molecule has 0 amide bonds. The predicted molar refractivity (Wildman–Crippen MR) is 56.6 cm³/mol. The maximum atomic E-state index is 5.63. The second-order valence-corrected chi connectivity index (χ2v) is 3.08. The molecule has 0 aliphatic heterocycles. The van der Waals surface area contributed by atoms with Gasteiger partial charge >= 0.3 is 0 Å². The largest absolute Gasteiger partial charge is 0.326 e. The Hall–Kier alpha value is -0.860. The molecule has 2 nitrogen and oxygen atoms in total. The Balaban J connectivity index is 2.54. The molecule has 0 unspecified atom stereocenters. The summed E-state index contributed by atoms with van der Waals surface area (Å²) in [6.07, 6.45) is 1.07. The van der Waals surface area contributed by atoms with Crippen molar-refractivity contribution >= 4 is 0 Å². The summed E-state index contributed by atoms with van der Waals surface area (Å²) in [4.78, 5) is 0. The van der Waals surface area contributed by atoms with Crippen molar-refractivity contribution in [2.45, 2.75) is 19.9 Å². The van der Waals surface area contributed by atoms with Crippen LogP contribution in [0.3, 0.4) is 0 Å². The summed E-state index contributed by atoms with van der Waals surface area (Å²) in [5.41, 5.74) is 8.27. The Labute approximate surface area is 80.1 Å². The molecule has 1 aromatic rings. The average Bonchev–Trinajstić information content (AvgIpc) is 2.19. The lowest BCUT2D eigenvalue weighted by Crippen LogP contribution is -2.17. The Morgan fingerprint density at radius 2 is 1.92 bits per heavy atom. The summed E-state index contributed by atoms with van der Waals surface area (Å²) in [5, 5.41) is 3.31. The van der Waals surface area contributed by atoms with E-state index in [1.54, 1.807) is 0 Å². The minimum Gasteiger partial charge on any atom is -0.326 e. The van der Waals surface area contributed by atoms with E-state index in [1.165, 1.54) is 11.1 Å². The van der Waals surface area contributed by atoms with Crippen LogP contribution in [0.2, 0.25) is 0 Å². The number of likely N-dealkylation sites (N-methyl/N-ethyl adjacent to an activating group) is 1. The van der Waals surface area contributed by atoms with Crippen LogP contribution in [0.4, 0.5) is 0 Å². The van der Waals surface area contributed by atoms with E-state index in [0.717, 1.165) is 19.5 Å². The fourth-order valence-corrected chi connectivity index (χ4v) is 1.40. The van der Waals surface area contributed by atoms with Crippen molar-refractivity contribution in [2.24, 2.45) is 5.73 Å². The van der Waals surface area contributed by atoms with Crippen molar-refractivity contribution in [3.8, 4) is 0 Å². The summed E-state index contributed by atoms with van der Waals surface area (Å²) >= 11 is 0. The van der Waals surface area contributed by atoms with E-state index in [4.69, 9.17) is 5.73 Å². The van der Waals surface area contributed by atoms with Crippen LogP contribution >= 0.6 is 0 Å². The monoisotopic (exact) mass is 178 g/mol. The lowest BCUT2D eigenvalue weighted by molar-refractivity contribution is 0.713. The van der Waals surface area contributed by atoms with Crippen LogP contribution in [0.5, 0.6) is 0 Å². The summed E-state index contributed by atoms with van der Waals surface area (Å²) in [6.45, 7) is 4.83. The minimum absolute atomic E-state index is 0.641. The van der Waals surface area contributed by atoms with Crippen LogP contribution in [-0.2, 0) is 13.0 Å². The second-order valence-electron chi connectivity index (χ2n) is 3.08. The van der Waals surface area contributed by atoms with Gasteiger partial charge in [0.25, 0.3) is 0 Å². The van der Waals surface area contributed by atoms with Gasteiger partial charge in [0.05, 0.1) is 0 Å². The van der Waals surface area contributed by atoms with Crippen molar-refractivity contribution in [3.63, 3.8) is 0 Å².